The number of rotatable bonds is 1. The first kappa shape index (κ1) is 6.55. The monoisotopic (exact) mass is 129 g/mol. The Balaban J connectivity index is 2.32. The van der Waals surface area contributed by atoms with Crippen LogP contribution in [-0.2, 0) is 9.53 Å². The van der Waals surface area contributed by atoms with Crippen LogP contribution in [0.25, 0.3) is 0 Å². The third-order valence-electron chi connectivity index (χ3n) is 1.48. The van der Waals surface area contributed by atoms with Crippen LogP contribution in [-0.4, -0.2) is 19.2 Å². The van der Waals surface area contributed by atoms with Crippen molar-refractivity contribution in [2.75, 3.05) is 7.11 Å². The van der Waals surface area contributed by atoms with Gasteiger partial charge in [0.25, 0.3) is 0 Å². The Kier molecular flexibility index (Phi) is 2.05. The second-order valence-electron chi connectivity index (χ2n) is 2.18. The zero-order valence-electron chi connectivity index (χ0n) is 5.52. The predicted octanol–water partition coefficient (Wildman–Crippen LogP) is 0.259. The van der Waals surface area contributed by atoms with Crippen molar-refractivity contribution >= 4 is 5.91 Å². The average Bonchev–Trinajstić information content (AvgIpc) is 1.88. The van der Waals surface area contributed by atoms with E-state index in [1.165, 1.54) is 0 Å². The molecule has 1 heterocycles. The van der Waals surface area contributed by atoms with E-state index in [0.717, 1.165) is 12.8 Å². The molecule has 0 aromatic rings. The number of hydrogen-bond donors (Lipinski definition) is 1. The van der Waals surface area contributed by atoms with Gasteiger partial charge in [0.1, 0.15) is 6.23 Å². The van der Waals surface area contributed by atoms with Gasteiger partial charge < -0.3 is 10.1 Å². The van der Waals surface area contributed by atoms with Gasteiger partial charge in [-0.15, -0.1) is 0 Å². The van der Waals surface area contributed by atoms with Crippen LogP contribution in [0, 0.1) is 0 Å². The highest BCUT2D eigenvalue weighted by atomic mass is 16.5. The molecule has 0 saturated carbocycles. The molecule has 1 amide bonds. The Morgan fingerprint density at radius 3 is 3.00 bits per heavy atom. The van der Waals surface area contributed by atoms with Gasteiger partial charge in [-0.05, 0) is 12.8 Å². The van der Waals surface area contributed by atoms with Crippen molar-refractivity contribution in [1.29, 1.82) is 0 Å². The van der Waals surface area contributed by atoms with E-state index in [1.807, 2.05) is 0 Å². The summed E-state index contributed by atoms with van der Waals surface area (Å²) in [4.78, 5) is 10.6. The van der Waals surface area contributed by atoms with Crippen LogP contribution in [0.4, 0.5) is 0 Å². The van der Waals surface area contributed by atoms with Gasteiger partial charge in [-0.2, -0.15) is 0 Å². The Labute approximate surface area is 54.4 Å². The third kappa shape index (κ3) is 1.68. The zero-order valence-corrected chi connectivity index (χ0v) is 5.52. The van der Waals surface area contributed by atoms with Crippen molar-refractivity contribution < 1.29 is 9.53 Å². The first-order valence-electron chi connectivity index (χ1n) is 3.15. The van der Waals surface area contributed by atoms with E-state index >= 15 is 0 Å². The Hall–Kier alpha value is -0.570. The molecule has 0 aromatic carbocycles. The lowest BCUT2D eigenvalue weighted by Gasteiger charge is -2.20. The average molecular weight is 129 g/mol. The lowest BCUT2D eigenvalue weighted by Crippen LogP contribution is -2.39. The quantitative estimate of drug-likeness (QED) is 0.551. The summed E-state index contributed by atoms with van der Waals surface area (Å²) >= 11 is 0. The van der Waals surface area contributed by atoms with Gasteiger partial charge >= 0.3 is 0 Å². The predicted molar refractivity (Wildman–Crippen MR) is 32.8 cm³/mol. The van der Waals surface area contributed by atoms with E-state index < -0.39 is 0 Å². The number of carbonyl (C=O) groups is 1. The van der Waals surface area contributed by atoms with Crippen LogP contribution in [0.3, 0.4) is 0 Å². The van der Waals surface area contributed by atoms with E-state index in [2.05, 4.69) is 5.32 Å². The second-order valence-corrected chi connectivity index (χ2v) is 2.18. The Morgan fingerprint density at radius 2 is 2.56 bits per heavy atom. The lowest BCUT2D eigenvalue weighted by atomic mass is 10.1. The number of amides is 1. The van der Waals surface area contributed by atoms with E-state index in [0.29, 0.717) is 6.42 Å². The van der Waals surface area contributed by atoms with Crippen molar-refractivity contribution in [1.82, 2.24) is 5.32 Å². The molecule has 1 aliphatic rings. The molecule has 1 fully saturated rings. The van der Waals surface area contributed by atoms with E-state index in [9.17, 15) is 4.79 Å². The topological polar surface area (TPSA) is 38.3 Å². The minimum absolute atomic E-state index is 0.0359. The summed E-state index contributed by atoms with van der Waals surface area (Å²) in [6.07, 6.45) is 2.51. The highest BCUT2D eigenvalue weighted by molar-refractivity contribution is 5.76. The Bertz CT molecular complexity index is 114. The van der Waals surface area contributed by atoms with E-state index in [1.54, 1.807) is 7.11 Å². The maximum absolute atomic E-state index is 10.6. The molecule has 52 valence electrons. The smallest absolute Gasteiger partial charge is 0.221 e. The summed E-state index contributed by atoms with van der Waals surface area (Å²) in [5.41, 5.74) is 0. The maximum Gasteiger partial charge on any atom is 0.221 e. The summed E-state index contributed by atoms with van der Waals surface area (Å²) in [7, 11) is 1.61. The molecule has 3 nitrogen and oxygen atoms in total. The van der Waals surface area contributed by atoms with Gasteiger partial charge in [0.15, 0.2) is 0 Å². The summed E-state index contributed by atoms with van der Waals surface area (Å²) in [6.45, 7) is 0. The van der Waals surface area contributed by atoms with Gasteiger partial charge in [-0.25, -0.2) is 0 Å². The van der Waals surface area contributed by atoms with E-state index in [-0.39, 0.29) is 12.1 Å². The molecule has 0 radical (unpaired) electrons. The Morgan fingerprint density at radius 1 is 1.78 bits per heavy atom. The van der Waals surface area contributed by atoms with Crippen molar-refractivity contribution in [2.45, 2.75) is 25.5 Å². The summed E-state index contributed by atoms with van der Waals surface area (Å²) in [5.74, 6) is 0.105. The van der Waals surface area contributed by atoms with Gasteiger partial charge in [0, 0.05) is 13.5 Å². The van der Waals surface area contributed by atoms with Crippen molar-refractivity contribution in [2.24, 2.45) is 0 Å². The van der Waals surface area contributed by atoms with Crippen LogP contribution in [0.1, 0.15) is 19.3 Å². The van der Waals surface area contributed by atoms with Crippen molar-refractivity contribution in [3.63, 3.8) is 0 Å². The molecule has 1 atom stereocenters. The van der Waals surface area contributed by atoms with Crippen molar-refractivity contribution in [3.8, 4) is 0 Å². The van der Waals surface area contributed by atoms with Crippen LogP contribution >= 0.6 is 0 Å². The fourth-order valence-electron chi connectivity index (χ4n) is 0.949. The van der Waals surface area contributed by atoms with Crippen molar-refractivity contribution in [3.05, 3.63) is 0 Å². The molecule has 0 aromatic heterocycles. The first-order chi connectivity index (χ1) is 4.33. The molecule has 3 heteroatoms. The normalized spacial score (nSPS) is 27.7. The molecule has 1 aliphatic heterocycles. The van der Waals surface area contributed by atoms with Gasteiger partial charge in [-0.3, -0.25) is 4.79 Å². The molecule has 0 spiro atoms. The van der Waals surface area contributed by atoms with Crippen LogP contribution < -0.4 is 5.32 Å². The summed E-state index contributed by atoms with van der Waals surface area (Å²) < 4.78 is 4.93. The number of piperidine rings is 1. The molecule has 0 aliphatic carbocycles. The zero-order chi connectivity index (χ0) is 6.69. The molecular formula is C6H11NO2. The minimum Gasteiger partial charge on any atom is -0.362 e. The largest absolute Gasteiger partial charge is 0.362 e. The molecule has 1 rings (SSSR count). The second kappa shape index (κ2) is 2.82. The summed E-state index contributed by atoms with van der Waals surface area (Å²) in [6, 6.07) is 0. The number of ether oxygens (including phenoxy) is 1. The third-order valence-corrected chi connectivity index (χ3v) is 1.48. The molecule has 1 saturated heterocycles. The highest BCUT2D eigenvalue weighted by Gasteiger charge is 2.16. The maximum atomic E-state index is 10.6. The number of hydrogen-bond acceptors (Lipinski definition) is 2. The molecule has 1 N–H and O–H groups in total. The molecule has 1 unspecified atom stereocenters. The number of carbonyl (C=O) groups excluding carboxylic acids is 1. The van der Waals surface area contributed by atoms with E-state index in [4.69, 9.17) is 4.74 Å². The fraction of sp³-hybridized carbons (Fsp3) is 0.833. The van der Waals surface area contributed by atoms with Crippen LogP contribution in [0.15, 0.2) is 0 Å². The highest BCUT2D eigenvalue weighted by Crippen LogP contribution is 2.07. The SMILES string of the molecule is COC1CCCC(=O)N1. The fourth-order valence-corrected chi connectivity index (χ4v) is 0.949. The number of methoxy groups -OCH3 is 1. The summed E-state index contributed by atoms with van der Waals surface area (Å²) in [5, 5.41) is 2.70. The standard InChI is InChI=1S/C6H11NO2/c1-9-6-4-2-3-5(8)7-6/h6H,2-4H2,1H3,(H,7,8). The number of nitrogens with one attached hydrogen (secondary N) is 1. The molecular weight excluding hydrogens is 118 g/mol. The lowest BCUT2D eigenvalue weighted by molar-refractivity contribution is -0.127. The molecule has 9 heavy (non-hydrogen) atoms. The van der Waals surface area contributed by atoms with Gasteiger partial charge in [-0.1, -0.05) is 0 Å². The van der Waals surface area contributed by atoms with Crippen LogP contribution in [0.2, 0.25) is 0 Å². The first-order valence-corrected chi connectivity index (χ1v) is 3.15. The molecule has 0 bridgehead atoms. The van der Waals surface area contributed by atoms with Gasteiger partial charge in [0.05, 0.1) is 0 Å². The van der Waals surface area contributed by atoms with Crippen LogP contribution in [0.5, 0.6) is 0 Å². The van der Waals surface area contributed by atoms with Gasteiger partial charge in [0.2, 0.25) is 5.91 Å². The minimum atomic E-state index is -0.0359.